The second-order valence-electron chi connectivity index (χ2n) is 6.09. The fraction of sp³-hybridized carbons (Fsp3) is 0.350. The molecule has 0 unspecified atom stereocenters. The summed E-state index contributed by atoms with van der Waals surface area (Å²) in [4.78, 5) is 12.1. The molecule has 4 heteroatoms. The second kappa shape index (κ2) is 7.49. The van der Waals surface area contributed by atoms with Gasteiger partial charge in [-0.15, -0.1) is 0 Å². The number of alkyl carbamates (subject to hydrolysis) is 1. The number of carbonyl (C=O) groups excluding carboxylic acids is 1. The van der Waals surface area contributed by atoms with Crippen LogP contribution in [-0.2, 0) is 4.74 Å². The van der Waals surface area contributed by atoms with Gasteiger partial charge in [0.25, 0.3) is 0 Å². The topological polar surface area (TPSA) is 58.6 Å². The van der Waals surface area contributed by atoms with Crippen molar-refractivity contribution in [2.75, 3.05) is 13.2 Å². The first kappa shape index (κ1) is 16.5. The maximum Gasteiger partial charge on any atom is 0.407 e. The predicted molar refractivity (Wildman–Crippen MR) is 94.0 cm³/mol. The first-order chi connectivity index (χ1) is 11.7. The Labute approximate surface area is 142 Å². The van der Waals surface area contributed by atoms with E-state index >= 15 is 0 Å². The number of benzene rings is 2. The van der Waals surface area contributed by atoms with Gasteiger partial charge in [-0.1, -0.05) is 55.5 Å². The Morgan fingerprint density at radius 2 is 1.71 bits per heavy atom. The predicted octanol–water partition coefficient (Wildman–Crippen LogP) is 3.69. The summed E-state index contributed by atoms with van der Waals surface area (Å²) in [5, 5.41) is 11.8. The van der Waals surface area contributed by atoms with Crippen molar-refractivity contribution in [3.8, 4) is 11.1 Å². The molecule has 1 amide bonds. The molecule has 4 nitrogen and oxygen atoms in total. The zero-order valence-electron chi connectivity index (χ0n) is 13.9. The Hall–Kier alpha value is -2.33. The van der Waals surface area contributed by atoms with E-state index in [0.29, 0.717) is 13.0 Å². The SMILES string of the molecule is CC[C@H](CCO)NC(=O)OCC1c2ccccc2-c2ccccc21. The molecule has 1 atom stereocenters. The maximum absolute atomic E-state index is 12.1. The van der Waals surface area contributed by atoms with E-state index in [1.165, 1.54) is 22.3 Å². The van der Waals surface area contributed by atoms with Gasteiger partial charge in [0, 0.05) is 18.6 Å². The third-order valence-electron chi connectivity index (χ3n) is 4.64. The van der Waals surface area contributed by atoms with Gasteiger partial charge in [0.1, 0.15) is 6.61 Å². The molecule has 0 heterocycles. The van der Waals surface area contributed by atoms with E-state index in [1.807, 2.05) is 31.2 Å². The summed E-state index contributed by atoms with van der Waals surface area (Å²) in [5.41, 5.74) is 4.84. The molecule has 0 aromatic heterocycles. The summed E-state index contributed by atoms with van der Waals surface area (Å²) in [7, 11) is 0. The third-order valence-corrected chi connectivity index (χ3v) is 4.64. The first-order valence-corrected chi connectivity index (χ1v) is 8.47. The molecule has 0 radical (unpaired) electrons. The highest BCUT2D eigenvalue weighted by Gasteiger charge is 2.29. The maximum atomic E-state index is 12.1. The molecule has 2 aromatic rings. The highest BCUT2D eigenvalue weighted by molar-refractivity contribution is 5.79. The van der Waals surface area contributed by atoms with E-state index in [2.05, 4.69) is 29.6 Å². The number of ether oxygens (including phenoxy) is 1. The van der Waals surface area contributed by atoms with Gasteiger partial charge in [-0.2, -0.15) is 0 Å². The van der Waals surface area contributed by atoms with Gasteiger partial charge in [0.05, 0.1) is 0 Å². The Morgan fingerprint density at radius 3 is 2.25 bits per heavy atom. The summed E-state index contributed by atoms with van der Waals surface area (Å²) < 4.78 is 5.49. The largest absolute Gasteiger partial charge is 0.449 e. The summed E-state index contributed by atoms with van der Waals surface area (Å²) in [6, 6.07) is 16.5. The molecule has 0 saturated carbocycles. The molecule has 0 spiro atoms. The Kier molecular flexibility index (Phi) is 5.16. The number of carbonyl (C=O) groups is 1. The van der Waals surface area contributed by atoms with Crippen LogP contribution < -0.4 is 5.32 Å². The van der Waals surface area contributed by atoms with Crippen LogP contribution in [-0.4, -0.2) is 30.5 Å². The highest BCUT2D eigenvalue weighted by Crippen LogP contribution is 2.44. The summed E-state index contributed by atoms with van der Waals surface area (Å²) in [6.07, 6.45) is 0.892. The smallest absolute Gasteiger partial charge is 0.407 e. The minimum atomic E-state index is -0.419. The lowest BCUT2D eigenvalue weighted by molar-refractivity contribution is 0.136. The van der Waals surface area contributed by atoms with E-state index in [4.69, 9.17) is 9.84 Å². The molecule has 2 N–H and O–H groups in total. The lowest BCUT2D eigenvalue weighted by Crippen LogP contribution is -2.36. The standard InChI is InChI=1S/C20H23NO3/c1-2-14(11-12-22)21-20(23)24-13-19-17-9-5-3-7-15(17)16-8-4-6-10-18(16)19/h3-10,14,19,22H,2,11-13H2,1H3,(H,21,23)/t14-/m1/s1. The van der Waals surface area contributed by atoms with Crippen LogP contribution in [0.25, 0.3) is 11.1 Å². The Bertz CT molecular complexity index is 668. The number of amides is 1. The lowest BCUT2D eigenvalue weighted by Gasteiger charge is -2.18. The van der Waals surface area contributed by atoms with Crippen molar-refractivity contribution in [1.29, 1.82) is 0 Å². The van der Waals surface area contributed by atoms with Crippen LogP contribution >= 0.6 is 0 Å². The minimum absolute atomic E-state index is 0.0503. The van der Waals surface area contributed by atoms with Crippen molar-refractivity contribution >= 4 is 6.09 Å². The van der Waals surface area contributed by atoms with Crippen molar-refractivity contribution in [2.45, 2.75) is 31.7 Å². The molecule has 2 aromatic carbocycles. The van der Waals surface area contributed by atoms with Crippen molar-refractivity contribution in [1.82, 2.24) is 5.32 Å². The third kappa shape index (κ3) is 3.29. The molecular weight excluding hydrogens is 302 g/mol. The highest BCUT2D eigenvalue weighted by atomic mass is 16.5. The molecule has 126 valence electrons. The van der Waals surface area contributed by atoms with Gasteiger partial charge in [-0.25, -0.2) is 4.79 Å². The van der Waals surface area contributed by atoms with Crippen LogP contribution in [0.15, 0.2) is 48.5 Å². The molecule has 0 aliphatic heterocycles. The minimum Gasteiger partial charge on any atom is -0.449 e. The number of nitrogens with one attached hydrogen (secondary N) is 1. The van der Waals surface area contributed by atoms with E-state index in [-0.39, 0.29) is 18.6 Å². The van der Waals surface area contributed by atoms with Gasteiger partial charge in [0.15, 0.2) is 0 Å². The van der Waals surface area contributed by atoms with Gasteiger partial charge in [-0.3, -0.25) is 0 Å². The van der Waals surface area contributed by atoms with Crippen LogP contribution in [0.5, 0.6) is 0 Å². The van der Waals surface area contributed by atoms with E-state index in [9.17, 15) is 4.79 Å². The monoisotopic (exact) mass is 325 g/mol. The molecule has 0 saturated heterocycles. The summed E-state index contributed by atoms with van der Waals surface area (Å²) >= 11 is 0. The average molecular weight is 325 g/mol. The molecule has 3 rings (SSSR count). The van der Waals surface area contributed by atoms with Crippen molar-refractivity contribution in [3.05, 3.63) is 59.7 Å². The molecule has 1 aliphatic carbocycles. The van der Waals surface area contributed by atoms with Crippen LogP contribution in [0.2, 0.25) is 0 Å². The normalized spacial score (nSPS) is 13.9. The zero-order valence-corrected chi connectivity index (χ0v) is 13.9. The number of hydrogen-bond donors (Lipinski definition) is 2. The van der Waals surface area contributed by atoms with E-state index in [0.717, 1.165) is 6.42 Å². The molecular formula is C20H23NO3. The fourth-order valence-corrected chi connectivity index (χ4v) is 3.34. The fourth-order valence-electron chi connectivity index (χ4n) is 3.34. The van der Waals surface area contributed by atoms with E-state index < -0.39 is 6.09 Å². The molecule has 1 aliphatic rings. The van der Waals surface area contributed by atoms with Crippen LogP contribution in [0, 0.1) is 0 Å². The van der Waals surface area contributed by atoms with Crippen molar-refractivity contribution < 1.29 is 14.6 Å². The van der Waals surface area contributed by atoms with Crippen LogP contribution in [0.3, 0.4) is 0 Å². The van der Waals surface area contributed by atoms with Gasteiger partial charge in [0.2, 0.25) is 0 Å². The van der Waals surface area contributed by atoms with Gasteiger partial charge >= 0.3 is 6.09 Å². The molecule has 0 fully saturated rings. The molecule has 24 heavy (non-hydrogen) atoms. The molecule has 0 bridgehead atoms. The Morgan fingerprint density at radius 1 is 1.12 bits per heavy atom. The zero-order chi connectivity index (χ0) is 16.9. The number of hydrogen-bond acceptors (Lipinski definition) is 3. The van der Waals surface area contributed by atoms with Gasteiger partial charge in [-0.05, 0) is 35.1 Å². The van der Waals surface area contributed by atoms with Gasteiger partial charge < -0.3 is 15.2 Å². The number of aliphatic hydroxyl groups is 1. The summed E-state index contributed by atoms with van der Waals surface area (Å²) in [5.74, 6) is 0.0704. The summed E-state index contributed by atoms with van der Waals surface area (Å²) in [6.45, 7) is 2.35. The first-order valence-electron chi connectivity index (χ1n) is 8.47. The average Bonchev–Trinajstić information content (AvgIpc) is 2.93. The number of fused-ring (bicyclic) bond motifs is 3. The van der Waals surface area contributed by atoms with Crippen LogP contribution in [0.4, 0.5) is 4.79 Å². The second-order valence-corrected chi connectivity index (χ2v) is 6.09. The number of rotatable bonds is 6. The van der Waals surface area contributed by atoms with Crippen LogP contribution in [0.1, 0.15) is 36.8 Å². The van der Waals surface area contributed by atoms with Crippen molar-refractivity contribution in [3.63, 3.8) is 0 Å². The van der Waals surface area contributed by atoms with Crippen molar-refractivity contribution in [2.24, 2.45) is 0 Å². The Balaban J connectivity index is 1.70. The quantitative estimate of drug-likeness (QED) is 0.851. The number of aliphatic hydroxyl groups excluding tert-OH is 1. The lowest BCUT2D eigenvalue weighted by atomic mass is 9.98. The van der Waals surface area contributed by atoms with E-state index in [1.54, 1.807) is 0 Å².